The second kappa shape index (κ2) is 5.32. The van der Waals surface area contributed by atoms with Crippen molar-refractivity contribution in [3.05, 3.63) is 58.1 Å². The first-order valence-electron chi connectivity index (χ1n) is 5.74. The lowest BCUT2D eigenvalue weighted by Crippen LogP contribution is -1.98. The van der Waals surface area contributed by atoms with Gasteiger partial charge < -0.3 is 9.84 Å². The van der Waals surface area contributed by atoms with Crippen LogP contribution < -0.4 is 4.74 Å². The fourth-order valence-electron chi connectivity index (χ4n) is 1.68. The number of phenols is 1. The predicted octanol–water partition coefficient (Wildman–Crippen LogP) is 4.24. The van der Waals surface area contributed by atoms with E-state index in [2.05, 4.69) is 0 Å². The highest BCUT2D eigenvalue weighted by Crippen LogP contribution is 2.27. The molecule has 0 spiro atoms. The summed E-state index contributed by atoms with van der Waals surface area (Å²) in [7, 11) is 0. The average molecular weight is 263 g/mol. The lowest BCUT2D eigenvalue weighted by molar-refractivity contribution is 0.302. The molecule has 0 saturated heterocycles. The molecule has 2 aromatic carbocycles. The summed E-state index contributed by atoms with van der Waals surface area (Å²) in [5, 5.41) is 10.3. The second-order valence-corrected chi connectivity index (χ2v) is 4.69. The van der Waals surface area contributed by atoms with Crippen molar-refractivity contribution in [2.24, 2.45) is 0 Å². The van der Waals surface area contributed by atoms with Gasteiger partial charge in [0, 0.05) is 16.1 Å². The molecule has 2 rings (SSSR count). The summed E-state index contributed by atoms with van der Waals surface area (Å²) in [6.45, 7) is 4.21. The summed E-state index contributed by atoms with van der Waals surface area (Å²) in [5.41, 5.74) is 2.79. The molecule has 0 unspecified atom stereocenters. The van der Waals surface area contributed by atoms with E-state index >= 15 is 0 Å². The number of aromatic hydroxyl groups is 1. The van der Waals surface area contributed by atoms with Crippen molar-refractivity contribution in [3.63, 3.8) is 0 Å². The van der Waals surface area contributed by atoms with Gasteiger partial charge in [-0.05, 0) is 37.6 Å². The number of ether oxygens (including phenoxy) is 1. The van der Waals surface area contributed by atoms with E-state index in [0.29, 0.717) is 17.4 Å². The van der Waals surface area contributed by atoms with Gasteiger partial charge in [0.15, 0.2) is 0 Å². The van der Waals surface area contributed by atoms with Gasteiger partial charge in [0.1, 0.15) is 18.1 Å². The maximum Gasteiger partial charge on any atom is 0.126 e. The molecular formula is C15H15ClO2. The van der Waals surface area contributed by atoms with Gasteiger partial charge >= 0.3 is 0 Å². The third-order valence-corrected chi connectivity index (χ3v) is 3.20. The first-order valence-corrected chi connectivity index (χ1v) is 6.12. The smallest absolute Gasteiger partial charge is 0.126 e. The number of hydrogen-bond acceptors (Lipinski definition) is 2. The molecule has 0 radical (unpaired) electrons. The third-order valence-electron chi connectivity index (χ3n) is 2.85. The molecule has 94 valence electrons. The van der Waals surface area contributed by atoms with Crippen LogP contribution in [0.15, 0.2) is 36.4 Å². The molecule has 0 aromatic heterocycles. The second-order valence-electron chi connectivity index (χ2n) is 4.28. The molecule has 18 heavy (non-hydrogen) atoms. The van der Waals surface area contributed by atoms with E-state index in [1.807, 2.05) is 38.1 Å². The molecule has 0 bridgehead atoms. The Morgan fingerprint density at radius 3 is 2.67 bits per heavy atom. The van der Waals surface area contributed by atoms with Crippen LogP contribution in [0, 0.1) is 13.8 Å². The monoisotopic (exact) mass is 262 g/mol. The van der Waals surface area contributed by atoms with Crippen LogP contribution in [0.5, 0.6) is 11.5 Å². The largest absolute Gasteiger partial charge is 0.508 e. The Hall–Kier alpha value is -1.67. The molecule has 0 aliphatic rings. The summed E-state index contributed by atoms with van der Waals surface area (Å²) < 4.78 is 5.68. The van der Waals surface area contributed by atoms with Crippen LogP contribution in [0.2, 0.25) is 5.02 Å². The van der Waals surface area contributed by atoms with Crippen molar-refractivity contribution in [1.29, 1.82) is 0 Å². The minimum absolute atomic E-state index is 0.238. The first kappa shape index (κ1) is 12.8. The minimum atomic E-state index is 0.238. The summed E-state index contributed by atoms with van der Waals surface area (Å²) in [6.07, 6.45) is 0. The molecule has 0 atom stereocenters. The number of phenolic OH excluding ortho intramolecular Hbond substituents is 1. The molecule has 0 aliphatic carbocycles. The predicted molar refractivity (Wildman–Crippen MR) is 73.4 cm³/mol. The topological polar surface area (TPSA) is 29.5 Å². The van der Waals surface area contributed by atoms with Crippen molar-refractivity contribution in [1.82, 2.24) is 0 Å². The Balaban J connectivity index is 2.14. The Morgan fingerprint density at radius 1 is 1.17 bits per heavy atom. The van der Waals surface area contributed by atoms with E-state index in [4.69, 9.17) is 16.3 Å². The van der Waals surface area contributed by atoms with Gasteiger partial charge in [-0.1, -0.05) is 29.8 Å². The number of benzene rings is 2. The summed E-state index contributed by atoms with van der Waals surface area (Å²) in [5.74, 6) is 0.911. The van der Waals surface area contributed by atoms with Crippen molar-refractivity contribution < 1.29 is 9.84 Å². The molecule has 0 aliphatic heterocycles. The van der Waals surface area contributed by atoms with Gasteiger partial charge in [0.2, 0.25) is 0 Å². The molecule has 2 aromatic rings. The quantitative estimate of drug-likeness (QED) is 0.896. The Kier molecular flexibility index (Phi) is 3.78. The van der Waals surface area contributed by atoms with Crippen LogP contribution >= 0.6 is 11.6 Å². The minimum Gasteiger partial charge on any atom is -0.508 e. The molecule has 0 amide bonds. The standard InChI is InChI=1S/C15H15ClO2/c1-10-6-7-12(13(16)8-10)9-18-15-5-3-4-14(17)11(15)2/h3-8,17H,9H2,1-2H3. The number of hydrogen-bond donors (Lipinski definition) is 1. The molecular weight excluding hydrogens is 248 g/mol. The highest BCUT2D eigenvalue weighted by atomic mass is 35.5. The molecule has 3 heteroatoms. The van der Waals surface area contributed by atoms with E-state index in [0.717, 1.165) is 16.7 Å². The SMILES string of the molecule is Cc1ccc(COc2cccc(O)c2C)c(Cl)c1. The molecule has 0 saturated carbocycles. The highest BCUT2D eigenvalue weighted by molar-refractivity contribution is 6.31. The lowest BCUT2D eigenvalue weighted by Gasteiger charge is -2.11. The molecule has 0 fully saturated rings. The van der Waals surface area contributed by atoms with Crippen LogP contribution in [-0.2, 0) is 6.61 Å². The van der Waals surface area contributed by atoms with Crippen molar-refractivity contribution in [2.45, 2.75) is 20.5 Å². The van der Waals surface area contributed by atoms with Gasteiger partial charge in [-0.15, -0.1) is 0 Å². The zero-order chi connectivity index (χ0) is 13.1. The average Bonchev–Trinajstić information content (AvgIpc) is 2.33. The van der Waals surface area contributed by atoms with Crippen LogP contribution in [0.25, 0.3) is 0 Å². The van der Waals surface area contributed by atoms with Crippen molar-refractivity contribution >= 4 is 11.6 Å². The van der Waals surface area contributed by atoms with Gasteiger partial charge in [-0.2, -0.15) is 0 Å². The van der Waals surface area contributed by atoms with Crippen LogP contribution in [0.4, 0.5) is 0 Å². The lowest BCUT2D eigenvalue weighted by atomic mass is 10.1. The highest BCUT2D eigenvalue weighted by Gasteiger charge is 2.06. The summed E-state index contributed by atoms with van der Waals surface area (Å²) in [6, 6.07) is 11.1. The maximum absolute atomic E-state index is 9.58. The molecule has 2 nitrogen and oxygen atoms in total. The van der Waals surface area contributed by atoms with E-state index < -0.39 is 0 Å². The summed E-state index contributed by atoms with van der Waals surface area (Å²) in [4.78, 5) is 0. The summed E-state index contributed by atoms with van der Waals surface area (Å²) >= 11 is 6.14. The van der Waals surface area contributed by atoms with E-state index in [1.54, 1.807) is 12.1 Å². The van der Waals surface area contributed by atoms with Crippen molar-refractivity contribution in [3.8, 4) is 11.5 Å². The van der Waals surface area contributed by atoms with Crippen molar-refractivity contribution in [2.75, 3.05) is 0 Å². The zero-order valence-corrected chi connectivity index (χ0v) is 11.2. The van der Waals surface area contributed by atoms with E-state index in [-0.39, 0.29) is 5.75 Å². The third kappa shape index (κ3) is 2.77. The zero-order valence-electron chi connectivity index (χ0n) is 10.4. The van der Waals surface area contributed by atoms with E-state index in [1.165, 1.54) is 0 Å². The fraction of sp³-hybridized carbons (Fsp3) is 0.200. The molecule has 1 N–H and O–H groups in total. The number of rotatable bonds is 3. The number of aryl methyl sites for hydroxylation is 1. The van der Waals surface area contributed by atoms with Gasteiger partial charge in [-0.3, -0.25) is 0 Å². The maximum atomic E-state index is 9.58. The van der Waals surface area contributed by atoms with Crippen LogP contribution in [0.3, 0.4) is 0 Å². The number of halogens is 1. The Morgan fingerprint density at radius 2 is 1.94 bits per heavy atom. The van der Waals surface area contributed by atoms with Gasteiger partial charge in [0.05, 0.1) is 0 Å². The first-order chi connectivity index (χ1) is 8.58. The Bertz CT molecular complexity index is 564. The van der Waals surface area contributed by atoms with Gasteiger partial charge in [-0.25, -0.2) is 0 Å². The molecule has 0 heterocycles. The fourth-order valence-corrected chi connectivity index (χ4v) is 1.97. The van der Waals surface area contributed by atoms with Gasteiger partial charge in [0.25, 0.3) is 0 Å². The van der Waals surface area contributed by atoms with Crippen LogP contribution in [-0.4, -0.2) is 5.11 Å². The Labute approximate surface area is 112 Å². The van der Waals surface area contributed by atoms with Crippen LogP contribution in [0.1, 0.15) is 16.7 Å². The normalized spacial score (nSPS) is 10.4. The van der Waals surface area contributed by atoms with E-state index in [9.17, 15) is 5.11 Å².